The maximum Gasteiger partial charge on any atom is 0.257 e. The summed E-state index contributed by atoms with van der Waals surface area (Å²) in [6.45, 7) is 2.21. The number of fused-ring (bicyclic) bond motifs is 1. The summed E-state index contributed by atoms with van der Waals surface area (Å²) in [6.07, 6.45) is 0.786. The van der Waals surface area contributed by atoms with Crippen molar-refractivity contribution in [2.75, 3.05) is 33.4 Å². The van der Waals surface area contributed by atoms with E-state index in [1.165, 1.54) is 0 Å². The normalized spacial score (nSPS) is 13.2. The lowest BCUT2D eigenvalue weighted by molar-refractivity contribution is 0.0783. The topological polar surface area (TPSA) is 64.8 Å². The summed E-state index contributed by atoms with van der Waals surface area (Å²) in [4.78, 5) is 13.9. The van der Waals surface area contributed by atoms with Gasteiger partial charge >= 0.3 is 0 Å². The predicted molar refractivity (Wildman–Crippen MR) is 68.1 cm³/mol. The molecular formula is C13H18N2O3. The van der Waals surface area contributed by atoms with Crippen molar-refractivity contribution in [3.63, 3.8) is 0 Å². The Bertz CT molecular complexity index is 434. The summed E-state index contributed by atoms with van der Waals surface area (Å²) in [5.41, 5.74) is 5.99. The van der Waals surface area contributed by atoms with Crippen molar-refractivity contribution in [3.8, 4) is 11.5 Å². The molecule has 0 unspecified atom stereocenters. The molecule has 0 bridgehead atoms. The van der Waals surface area contributed by atoms with Gasteiger partial charge in [0.2, 0.25) is 0 Å². The Labute approximate surface area is 106 Å². The van der Waals surface area contributed by atoms with Crippen LogP contribution in [0.1, 0.15) is 16.8 Å². The average Bonchev–Trinajstić information content (AvgIpc) is 2.43. The second-order valence-corrected chi connectivity index (χ2v) is 4.20. The molecule has 5 heteroatoms. The number of hydrogen-bond donors (Lipinski definition) is 1. The number of carbonyl (C=O) groups is 1. The SMILES string of the molecule is CN(CCCN)C(=O)c1cccc2c1OCCO2. The van der Waals surface area contributed by atoms with Crippen LogP contribution >= 0.6 is 0 Å². The Kier molecular flexibility index (Phi) is 4.04. The fraction of sp³-hybridized carbons (Fsp3) is 0.462. The van der Waals surface area contributed by atoms with Gasteiger partial charge in [-0.05, 0) is 25.1 Å². The largest absolute Gasteiger partial charge is 0.486 e. The molecule has 98 valence electrons. The van der Waals surface area contributed by atoms with E-state index >= 15 is 0 Å². The molecule has 2 N–H and O–H groups in total. The lowest BCUT2D eigenvalue weighted by atomic mass is 10.1. The van der Waals surface area contributed by atoms with Gasteiger partial charge in [-0.3, -0.25) is 4.79 Å². The zero-order chi connectivity index (χ0) is 13.0. The molecule has 2 rings (SSSR count). The third kappa shape index (κ3) is 2.56. The standard InChI is InChI=1S/C13H18N2O3/c1-15(7-3-6-14)13(16)10-4-2-5-11-12(10)18-9-8-17-11/h2,4-5H,3,6-9,14H2,1H3. The summed E-state index contributed by atoms with van der Waals surface area (Å²) in [5, 5.41) is 0. The molecule has 0 spiro atoms. The number of nitrogens with two attached hydrogens (primary N) is 1. The third-order valence-electron chi connectivity index (χ3n) is 2.84. The molecular weight excluding hydrogens is 232 g/mol. The Balaban J connectivity index is 2.19. The maximum absolute atomic E-state index is 12.3. The quantitative estimate of drug-likeness (QED) is 0.861. The lowest BCUT2D eigenvalue weighted by Gasteiger charge is -2.23. The van der Waals surface area contributed by atoms with E-state index in [0.717, 1.165) is 6.42 Å². The van der Waals surface area contributed by atoms with Gasteiger partial charge in [0, 0.05) is 13.6 Å². The van der Waals surface area contributed by atoms with Crippen molar-refractivity contribution in [1.82, 2.24) is 4.90 Å². The van der Waals surface area contributed by atoms with Crippen LogP contribution in [0, 0.1) is 0 Å². The number of hydrogen-bond acceptors (Lipinski definition) is 4. The first-order valence-corrected chi connectivity index (χ1v) is 6.08. The minimum Gasteiger partial charge on any atom is -0.486 e. The van der Waals surface area contributed by atoms with E-state index in [4.69, 9.17) is 15.2 Å². The number of para-hydroxylation sites is 1. The van der Waals surface area contributed by atoms with Gasteiger partial charge in [-0.2, -0.15) is 0 Å². The average molecular weight is 250 g/mol. The summed E-state index contributed by atoms with van der Waals surface area (Å²) in [5.74, 6) is 1.12. The molecule has 1 aromatic rings. The van der Waals surface area contributed by atoms with Crippen LogP contribution in [0.5, 0.6) is 11.5 Å². The Morgan fingerprint density at radius 2 is 2.17 bits per heavy atom. The molecule has 1 aromatic carbocycles. The Hall–Kier alpha value is -1.75. The van der Waals surface area contributed by atoms with E-state index in [2.05, 4.69) is 0 Å². The van der Waals surface area contributed by atoms with E-state index in [0.29, 0.717) is 43.4 Å². The Morgan fingerprint density at radius 3 is 2.94 bits per heavy atom. The molecule has 0 aromatic heterocycles. The molecule has 1 aliphatic rings. The van der Waals surface area contributed by atoms with Crippen molar-refractivity contribution < 1.29 is 14.3 Å². The smallest absolute Gasteiger partial charge is 0.257 e. The molecule has 1 aliphatic heterocycles. The number of amides is 1. The highest BCUT2D eigenvalue weighted by Crippen LogP contribution is 2.34. The fourth-order valence-electron chi connectivity index (χ4n) is 1.88. The monoisotopic (exact) mass is 250 g/mol. The van der Waals surface area contributed by atoms with Crippen LogP contribution in [0.25, 0.3) is 0 Å². The molecule has 1 heterocycles. The first-order valence-electron chi connectivity index (χ1n) is 6.08. The van der Waals surface area contributed by atoms with Crippen LogP contribution in [0.15, 0.2) is 18.2 Å². The summed E-state index contributed by atoms with van der Waals surface area (Å²) in [6, 6.07) is 5.37. The summed E-state index contributed by atoms with van der Waals surface area (Å²) < 4.78 is 11.0. The van der Waals surface area contributed by atoms with Crippen LogP contribution in [0.2, 0.25) is 0 Å². The summed E-state index contributed by atoms with van der Waals surface area (Å²) >= 11 is 0. The molecule has 0 fully saturated rings. The fourth-order valence-corrected chi connectivity index (χ4v) is 1.88. The molecule has 18 heavy (non-hydrogen) atoms. The zero-order valence-corrected chi connectivity index (χ0v) is 10.5. The second kappa shape index (κ2) is 5.73. The molecule has 5 nitrogen and oxygen atoms in total. The number of nitrogens with zero attached hydrogens (tertiary/aromatic N) is 1. The molecule has 1 amide bonds. The van der Waals surface area contributed by atoms with Gasteiger partial charge < -0.3 is 20.1 Å². The minimum atomic E-state index is -0.0641. The van der Waals surface area contributed by atoms with E-state index in [1.54, 1.807) is 24.1 Å². The van der Waals surface area contributed by atoms with Gasteiger partial charge in [-0.1, -0.05) is 6.07 Å². The van der Waals surface area contributed by atoms with E-state index in [9.17, 15) is 4.79 Å². The van der Waals surface area contributed by atoms with Gasteiger partial charge in [-0.15, -0.1) is 0 Å². The van der Waals surface area contributed by atoms with Gasteiger partial charge in [0.15, 0.2) is 11.5 Å². The van der Waals surface area contributed by atoms with Crippen LogP contribution in [0.4, 0.5) is 0 Å². The van der Waals surface area contributed by atoms with E-state index in [-0.39, 0.29) is 5.91 Å². The highest BCUT2D eigenvalue weighted by Gasteiger charge is 2.22. The molecule has 0 aliphatic carbocycles. The maximum atomic E-state index is 12.3. The zero-order valence-electron chi connectivity index (χ0n) is 10.5. The first-order chi connectivity index (χ1) is 8.74. The Morgan fingerprint density at radius 1 is 1.39 bits per heavy atom. The molecule has 0 saturated carbocycles. The third-order valence-corrected chi connectivity index (χ3v) is 2.84. The van der Waals surface area contributed by atoms with E-state index < -0.39 is 0 Å². The summed E-state index contributed by atoms with van der Waals surface area (Å²) in [7, 11) is 1.76. The van der Waals surface area contributed by atoms with Gasteiger partial charge in [-0.25, -0.2) is 0 Å². The van der Waals surface area contributed by atoms with Crippen LogP contribution < -0.4 is 15.2 Å². The first kappa shape index (κ1) is 12.7. The second-order valence-electron chi connectivity index (χ2n) is 4.20. The van der Waals surface area contributed by atoms with Crippen LogP contribution in [-0.4, -0.2) is 44.2 Å². The van der Waals surface area contributed by atoms with Crippen molar-refractivity contribution in [2.45, 2.75) is 6.42 Å². The number of benzene rings is 1. The van der Waals surface area contributed by atoms with Crippen LogP contribution in [0.3, 0.4) is 0 Å². The molecule has 0 radical (unpaired) electrons. The lowest BCUT2D eigenvalue weighted by Crippen LogP contribution is -2.30. The number of rotatable bonds is 4. The number of carbonyl (C=O) groups excluding carboxylic acids is 1. The van der Waals surface area contributed by atoms with E-state index in [1.807, 2.05) is 6.07 Å². The van der Waals surface area contributed by atoms with Crippen molar-refractivity contribution in [2.24, 2.45) is 5.73 Å². The predicted octanol–water partition coefficient (Wildman–Crippen LogP) is 0.879. The van der Waals surface area contributed by atoms with Gasteiger partial charge in [0.1, 0.15) is 13.2 Å². The van der Waals surface area contributed by atoms with Crippen molar-refractivity contribution in [1.29, 1.82) is 0 Å². The highest BCUT2D eigenvalue weighted by molar-refractivity contribution is 5.97. The molecule has 0 saturated heterocycles. The molecule has 0 atom stereocenters. The minimum absolute atomic E-state index is 0.0641. The van der Waals surface area contributed by atoms with Crippen molar-refractivity contribution in [3.05, 3.63) is 23.8 Å². The van der Waals surface area contributed by atoms with Crippen molar-refractivity contribution >= 4 is 5.91 Å². The number of ether oxygens (including phenoxy) is 2. The van der Waals surface area contributed by atoms with Gasteiger partial charge in [0.05, 0.1) is 5.56 Å². The van der Waals surface area contributed by atoms with Crippen LogP contribution in [-0.2, 0) is 0 Å². The van der Waals surface area contributed by atoms with Gasteiger partial charge in [0.25, 0.3) is 5.91 Å². The highest BCUT2D eigenvalue weighted by atomic mass is 16.6.